The van der Waals surface area contributed by atoms with Gasteiger partial charge in [-0.3, -0.25) is 14.8 Å². The molecule has 1 atom stereocenters. The molecule has 0 saturated carbocycles. The average Bonchev–Trinajstić information content (AvgIpc) is 2.66. The quantitative estimate of drug-likeness (QED) is 0.569. The van der Waals surface area contributed by atoms with Crippen molar-refractivity contribution in [2.75, 3.05) is 18.9 Å². The van der Waals surface area contributed by atoms with Gasteiger partial charge in [0.15, 0.2) is 0 Å². The zero-order chi connectivity index (χ0) is 22.2. The number of nitrogens with two attached hydrogens (primary N) is 1. The van der Waals surface area contributed by atoms with Crippen molar-refractivity contribution >= 4 is 33.7 Å². The summed E-state index contributed by atoms with van der Waals surface area (Å²) in [5, 5.41) is 2.59. The highest BCUT2D eigenvalue weighted by Gasteiger charge is 2.48. The number of sulfonamides is 1. The Kier molecular flexibility index (Phi) is 6.01. The third kappa shape index (κ3) is 4.08. The number of hydrogen-bond donors (Lipinski definition) is 2. The lowest BCUT2D eigenvalue weighted by atomic mass is 9.91. The fourth-order valence-electron chi connectivity index (χ4n) is 3.05. The Morgan fingerprint density at radius 2 is 2.03 bits per heavy atom. The molecule has 1 aromatic rings. The van der Waals surface area contributed by atoms with Gasteiger partial charge in [-0.1, -0.05) is 6.58 Å². The topological polar surface area (TPSA) is 117 Å². The zero-order valence-electron chi connectivity index (χ0n) is 17.2. The summed E-state index contributed by atoms with van der Waals surface area (Å²) in [6.07, 6.45) is 1.43. The second-order valence-corrected chi connectivity index (χ2v) is 10.1. The molecule has 0 saturated heterocycles. The molecule has 1 unspecified atom stereocenters. The average molecular weight is 424 g/mol. The molecule has 0 aromatic heterocycles. The van der Waals surface area contributed by atoms with Crippen LogP contribution in [-0.2, 0) is 20.4 Å². The molecular weight excluding hydrogens is 397 g/mol. The molecule has 0 aliphatic carbocycles. The number of hydrogen-bond acceptors (Lipinski definition) is 6. The third-order valence-corrected chi connectivity index (χ3v) is 7.37. The van der Waals surface area contributed by atoms with Crippen LogP contribution in [0.2, 0.25) is 0 Å². The van der Waals surface area contributed by atoms with E-state index in [1.54, 1.807) is 13.8 Å². The molecule has 158 valence electrons. The van der Waals surface area contributed by atoms with E-state index >= 15 is 0 Å². The van der Waals surface area contributed by atoms with Gasteiger partial charge in [0.2, 0.25) is 10.0 Å². The van der Waals surface area contributed by atoms with Crippen LogP contribution in [0.1, 0.15) is 33.3 Å². The molecule has 29 heavy (non-hydrogen) atoms. The predicted octanol–water partition coefficient (Wildman–Crippen LogP) is 1.99. The number of rotatable bonds is 4. The van der Waals surface area contributed by atoms with Crippen molar-refractivity contribution in [1.29, 1.82) is 0 Å². The van der Waals surface area contributed by atoms with Crippen LogP contribution >= 0.6 is 0 Å². The predicted molar refractivity (Wildman–Crippen MR) is 113 cm³/mol. The minimum absolute atomic E-state index is 0.00565. The highest BCUT2D eigenvalue weighted by Crippen LogP contribution is 2.36. The number of carbonyl (C=O) groups is 1. The number of anilines is 1. The number of amides is 1. The van der Waals surface area contributed by atoms with Crippen molar-refractivity contribution in [3.63, 3.8) is 0 Å². The number of halogens is 1. The van der Waals surface area contributed by atoms with E-state index < -0.39 is 32.0 Å². The summed E-state index contributed by atoms with van der Waals surface area (Å²) in [7, 11) is -2.40. The first-order valence-electron chi connectivity index (χ1n) is 8.87. The normalized spacial score (nSPS) is 24.0. The number of carbonyl (C=O) groups excluding carboxylic acids is 1. The van der Waals surface area contributed by atoms with E-state index in [1.165, 1.54) is 45.3 Å². The van der Waals surface area contributed by atoms with Gasteiger partial charge in [-0.25, -0.2) is 17.1 Å². The van der Waals surface area contributed by atoms with Gasteiger partial charge in [0.25, 0.3) is 5.91 Å². The van der Waals surface area contributed by atoms with Crippen LogP contribution in [-0.4, -0.2) is 49.0 Å². The third-order valence-electron chi connectivity index (χ3n) is 4.92. The minimum atomic E-state index is -3.81. The van der Waals surface area contributed by atoms with Crippen molar-refractivity contribution in [3.8, 4) is 0 Å². The van der Waals surface area contributed by atoms with Gasteiger partial charge in [-0.05, 0) is 45.9 Å². The smallest absolute Gasteiger partial charge is 0.273 e. The summed E-state index contributed by atoms with van der Waals surface area (Å²) < 4.78 is 40.1. The van der Waals surface area contributed by atoms with E-state index in [9.17, 15) is 17.6 Å². The first kappa shape index (κ1) is 22.7. The Morgan fingerprint density at radius 3 is 2.62 bits per heavy atom. The maximum absolute atomic E-state index is 14.8. The highest BCUT2D eigenvalue weighted by molar-refractivity contribution is 7.91. The van der Waals surface area contributed by atoms with Gasteiger partial charge in [0.1, 0.15) is 27.6 Å². The number of amidine groups is 1. The van der Waals surface area contributed by atoms with Crippen LogP contribution in [0.15, 0.2) is 40.5 Å². The van der Waals surface area contributed by atoms with Crippen LogP contribution in [0.25, 0.3) is 0 Å². The van der Waals surface area contributed by atoms with Crippen molar-refractivity contribution in [2.45, 2.75) is 38.0 Å². The van der Waals surface area contributed by atoms with Crippen molar-refractivity contribution in [1.82, 2.24) is 4.31 Å². The molecular formula is C19H26FN5O3S. The highest BCUT2D eigenvalue weighted by atomic mass is 32.2. The van der Waals surface area contributed by atoms with Gasteiger partial charge in [-0.2, -0.15) is 0 Å². The molecule has 1 aromatic carbocycles. The van der Waals surface area contributed by atoms with Crippen LogP contribution in [0.5, 0.6) is 0 Å². The number of nitrogens with one attached hydrogen (secondary N) is 1. The lowest BCUT2D eigenvalue weighted by Gasteiger charge is -2.29. The lowest BCUT2D eigenvalue weighted by Crippen LogP contribution is -2.50. The number of nitrogens with zero attached hydrogens (tertiary/aromatic N) is 3. The van der Waals surface area contributed by atoms with Crippen molar-refractivity contribution in [2.24, 2.45) is 15.7 Å². The maximum atomic E-state index is 14.8. The number of benzene rings is 1. The van der Waals surface area contributed by atoms with Crippen molar-refractivity contribution < 1.29 is 17.6 Å². The Balaban J connectivity index is 2.54. The minimum Gasteiger partial charge on any atom is -0.386 e. The van der Waals surface area contributed by atoms with E-state index in [-0.39, 0.29) is 23.6 Å². The molecule has 1 aliphatic rings. The summed E-state index contributed by atoms with van der Waals surface area (Å²) in [4.78, 5) is 20.3. The molecule has 0 fully saturated rings. The SMILES string of the molecule is C=C(N=CC)C(=O)Nc1ccc(F)c(C2(C)CN(C)S(=O)(=O)C(C)(C)C(N)=N2)c1. The summed E-state index contributed by atoms with van der Waals surface area (Å²) in [5.41, 5.74) is 5.12. The summed E-state index contributed by atoms with van der Waals surface area (Å²) in [6, 6.07) is 3.97. The van der Waals surface area contributed by atoms with Crippen LogP contribution < -0.4 is 11.1 Å². The van der Waals surface area contributed by atoms with Gasteiger partial charge >= 0.3 is 0 Å². The molecule has 1 amide bonds. The largest absolute Gasteiger partial charge is 0.386 e. The Bertz CT molecular complexity index is 1020. The van der Waals surface area contributed by atoms with Gasteiger partial charge in [0, 0.05) is 31.1 Å². The van der Waals surface area contributed by atoms with Crippen molar-refractivity contribution in [3.05, 3.63) is 41.9 Å². The molecule has 8 nitrogen and oxygen atoms in total. The van der Waals surface area contributed by atoms with E-state index in [1.807, 2.05) is 0 Å². The molecule has 1 aliphatic heterocycles. The summed E-state index contributed by atoms with van der Waals surface area (Å²) >= 11 is 0. The molecule has 0 bridgehead atoms. The molecule has 0 radical (unpaired) electrons. The first-order valence-corrected chi connectivity index (χ1v) is 10.3. The first-order chi connectivity index (χ1) is 13.3. The Hall–Kier alpha value is -2.59. The summed E-state index contributed by atoms with van der Waals surface area (Å²) in [6.45, 7) is 9.58. The number of aliphatic imine (C=N–C) groups is 2. The summed E-state index contributed by atoms with van der Waals surface area (Å²) in [5.74, 6) is -1.27. The van der Waals surface area contributed by atoms with Gasteiger partial charge in [-0.15, -0.1) is 0 Å². The second kappa shape index (κ2) is 7.68. The molecule has 0 spiro atoms. The van der Waals surface area contributed by atoms with E-state index in [4.69, 9.17) is 5.73 Å². The lowest BCUT2D eigenvalue weighted by molar-refractivity contribution is -0.112. The molecule has 3 N–H and O–H groups in total. The zero-order valence-corrected chi connectivity index (χ0v) is 18.0. The maximum Gasteiger partial charge on any atom is 0.273 e. The fraction of sp³-hybridized carbons (Fsp3) is 0.421. The standard InChI is InChI=1S/C19H26FN5O3S/c1-7-22-12(2)16(26)23-13-8-9-15(20)14(10-13)19(5)11-25(6)29(27,28)18(3,4)17(21)24-19/h7-10H,2,11H2,1,3-6H3,(H2,21,24)(H,23,26). The van der Waals surface area contributed by atoms with Gasteiger partial charge in [0.05, 0.1) is 0 Å². The second-order valence-electron chi connectivity index (χ2n) is 7.53. The molecule has 1 heterocycles. The van der Waals surface area contributed by atoms with E-state index in [0.717, 1.165) is 4.31 Å². The fourth-order valence-corrected chi connectivity index (χ4v) is 4.57. The Morgan fingerprint density at radius 1 is 1.41 bits per heavy atom. The van der Waals surface area contributed by atoms with Crippen LogP contribution in [0.4, 0.5) is 10.1 Å². The van der Waals surface area contributed by atoms with E-state index in [0.29, 0.717) is 5.69 Å². The van der Waals surface area contributed by atoms with Crippen LogP contribution in [0.3, 0.4) is 0 Å². The Labute approximate surface area is 170 Å². The van der Waals surface area contributed by atoms with E-state index in [2.05, 4.69) is 21.9 Å². The monoisotopic (exact) mass is 423 g/mol. The van der Waals surface area contributed by atoms with Gasteiger partial charge < -0.3 is 11.1 Å². The van der Waals surface area contributed by atoms with Crippen LogP contribution in [0, 0.1) is 5.82 Å². The molecule has 10 heteroatoms. The number of likely N-dealkylation sites (N-methyl/N-ethyl adjacent to an activating group) is 1. The molecule has 2 rings (SSSR count).